The van der Waals surface area contributed by atoms with Crippen molar-refractivity contribution in [3.63, 3.8) is 0 Å². The van der Waals surface area contributed by atoms with E-state index < -0.39 is 0 Å². The monoisotopic (exact) mass is 138 g/mol. The number of nitrogens with one attached hydrogen (secondary N) is 2. The van der Waals surface area contributed by atoms with E-state index in [9.17, 15) is 4.79 Å². The lowest BCUT2D eigenvalue weighted by molar-refractivity contribution is -0.118. The fourth-order valence-electron chi connectivity index (χ4n) is 0.456. The molecule has 0 rings (SSSR count). The molecule has 0 aromatic carbocycles. The summed E-state index contributed by atoms with van der Waals surface area (Å²) in [7, 11) is 0. The molecule has 0 bridgehead atoms. The first-order valence-corrected chi connectivity index (χ1v) is 2.81. The maximum atomic E-state index is 10.4. The number of allylic oxidation sites excluding steroid dienone is 3. The fourth-order valence-corrected chi connectivity index (χ4v) is 0.456. The van der Waals surface area contributed by atoms with Gasteiger partial charge in [0.15, 0.2) is 0 Å². The Balaban J connectivity index is 4.08. The maximum Gasteiger partial charge on any atom is 0.221 e. The van der Waals surface area contributed by atoms with Gasteiger partial charge in [0.05, 0.1) is 5.70 Å². The molecule has 0 atom stereocenters. The minimum Gasteiger partial charge on any atom is -0.325 e. The van der Waals surface area contributed by atoms with Gasteiger partial charge in [-0.1, -0.05) is 12.7 Å². The molecule has 0 aliphatic heterocycles. The van der Waals surface area contributed by atoms with Crippen LogP contribution < -0.4 is 5.32 Å². The first-order valence-electron chi connectivity index (χ1n) is 2.81. The van der Waals surface area contributed by atoms with Gasteiger partial charge in [-0.05, 0) is 6.08 Å². The summed E-state index contributed by atoms with van der Waals surface area (Å²) in [5.41, 5.74) is 0.447. The molecule has 54 valence electrons. The van der Waals surface area contributed by atoms with Gasteiger partial charge in [-0.2, -0.15) is 0 Å². The summed E-state index contributed by atoms with van der Waals surface area (Å²) in [4.78, 5) is 10.4. The lowest BCUT2D eigenvalue weighted by atomic mass is 10.4. The first-order chi connectivity index (χ1) is 4.70. The lowest BCUT2D eigenvalue weighted by Crippen LogP contribution is -2.19. The van der Waals surface area contributed by atoms with Crippen LogP contribution in [0.25, 0.3) is 0 Å². The Bertz CT molecular complexity index is 182. The molecule has 0 radical (unpaired) electrons. The molecule has 10 heavy (non-hydrogen) atoms. The molecule has 3 heteroatoms. The van der Waals surface area contributed by atoms with Gasteiger partial charge in [-0.25, -0.2) is 0 Å². The van der Waals surface area contributed by atoms with Crippen LogP contribution in [0.2, 0.25) is 0 Å². The maximum absolute atomic E-state index is 10.4. The van der Waals surface area contributed by atoms with E-state index in [1.54, 1.807) is 6.08 Å². The van der Waals surface area contributed by atoms with Crippen LogP contribution in [0.15, 0.2) is 24.4 Å². The van der Waals surface area contributed by atoms with Crippen molar-refractivity contribution in [3.8, 4) is 0 Å². The summed E-state index contributed by atoms with van der Waals surface area (Å²) < 4.78 is 0. The van der Waals surface area contributed by atoms with Gasteiger partial charge in [0.2, 0.25) is 5.91 Å². The predicted octanol–water partition coefficient (Wildman–Crippen LogP) is 0.842. The fraction of sp³-hybridized carbons (Fsp3) is 0.143. The molecule has 2 N–H and O–H groups in total. The van der Waals surface area contributed by atoms with Crippen molar-refractivity contribution >= 4 is 12.1 Å². The lowest BCUT2D eigenvalue weighted by Gasteiger charge is -1.97. The van der Waals surface area contributed by atoms with Crippen LogP contribution in [0.3, 0.4) is 0 Å². The van der Waals surface area contributed by atoms with Crippen LogP contribution in [0.5, 0.6) is 0 Å². The number of carbonyl (C=O) groups excluding carboxylic acids is 1. The standard InChI is InChI=1S/C7H10N2O/c1-3-4-7(5-8)9-6(2)10/h3-5,8H,1H2,2H3,(H,9,10)/b7-4+,8-5?. The first kappa shape index (κ1) is 8.62. The van der Waals surface area contributed by atoms with Crippen molar-refractivity contribution in [3.05, 3.63) is 24.4 Å². The molecule has 0 unspecified atom stereocenters. The number of amides is 1. The van der Waals surface area contributed by atoms with Gasteiger partial charge >= 0.3 is 0 Å². The zero-order valence-electron chi connectivity index (χ0n) is 5.85. The van der Waals surface area contributed by atoms with Crippen molar-refractivity contribution in [2.45, 2.75) is 6.92 Å². The molecule has 0 spiro atoms. The Labute approximate surface area is 59.9 Å². The van der Waals surface area contributed by atoms with Crippen LogP contribution in [-0.2, 0) is 4.79 Å². The topological polar surface area (TPSA) is 53.0 Å². The molecule has 0 aliphatic rings. The number of hydrogen-bond acceptors (Lipinski definition) is 2. The molecular weight excluding hydrogens is 128 g/mol. The van der Waals surface area contributed by atoms with E-state index in [-0.39, 0.29) is 5.91 Å². The largest absolute Gasteiger partial charge is 0.325 e. The highest BCUT2D eigenvalue weighted by molar-refractivity contribution is 5.85. The van der Waals surface area contributed by atoms with E-state index in [0.717, 1.165) is 6.21 Å². The predicted molar refractivity (Wildman–Crippen MR) is 40.9 cm³/mol. The van der Waals surface area contributed by atoms with Gasteiger partial charge < -0.3 is 10.7 Å². The van der Waals surface area contributed by atoms with Crippen molar-refractivity contribution in [1.29, 1.82) is 5.41 Å². The highest BCUT2D eigenvalue weighted by Gasteiger charge is 1.91. The molecule has 3 nitrogen and oxygen atoms in total. The van der Waals surface area contributed by atoms with Crippen LogP contribution in [0, 0.1) is 5.41 Å². The van der Waals surface area contributed by atoms with E-state index >= 15 is 0 Å². The Morgan fingerprint density at radius 2 is 2.30 bits per heavy atom. The van der Waals surface area contributed by atoms with Gasteiger partial charge in [-0.15, -0.1) is 0 Å². The summed E-state index contributed by atoms with van der Waals surface area (Å²) >= 11 is 0. The third-order valence-corrected chi connectivity index (χ3v) is 0.773. The smallest absolute Gasteiger partial charge is 0.221 e. The molecule has 0 aromatic rings. The van der Waals surface area contributed by atoms with E-state index in [0.29, 0.717) is 5.70 Å². The van der Waals surface area contributed by atoms with E-state index in [4.69, 9.17) is 5.41 Å². The average molecular weight is 138 g/mol. The summed E-state index contributed by atoms with van der Waals surface area (Å²) in [5, 5.41) is 9.24. The zero-order chi connectivity index (χ0) is 7.98. The van der Waals surface area contributed by atoms with E-state index in [1.165, 1.54) is 13.0 Å². The average Bonchev–Trinajstić information content (AvgIpc) is 1.86. The van der Waals surface area contributed by atoms with Crippen LogP contribution in [0.4, 0.5) is 0 Å². The highest BCUT2D eigenvalue weighted by atomic mass is 16.1. The van der Waals surface area contributed by atoms with Crippen molar-refractivity contribution in [2.24, 2.45) is 0 Å². The van der Waals surface area contributed by atoms with Gasteiger partial charge in [0.25, 0.3) is 0 Å². The number of carbonyl (C=O) groups is 1. The van der Waals surface area contributed by atoms with Crippen molar-refractivity contribution < 1.29 is 4.79 Å². The van der Waals surface area contributed by atoms with Crippen LogP contribution in [-0.4, -0.2) is 12.1 Å². The summed E-state index contributed by atoms with van der Waals surface area (Å²) in [5.74, 6) is -0.184. The molecule has 0 saturated heterocycles. The van der Waals surface area contributed by atoms with E-state index in [1.807, 2.05) is 0 Å². The van der Waals surface area contributed by atoms with Gasteiger partial charge in [0.1, 0.15) is 0 Å². The summed E-state index contributed by atoms with van der Waals surface area (Å²) in [6.45, 7) is 4.81. The molecule has 0 aromatic heterocycles. The third-order valence-electron chi connectivity index (χ3n) is 0.773. The quantitative estimate of drug-likeness (QED) is 0.440. The van der Waals surface area contributed by atoms with Crippen molar-refractivity contribution in [2.75, 3.05) is 0 Å². The summed E-state index contributed by atoms with van der Waals surface area (Å²) in [6.07, 6.45) is 4.12. The van der Waals surface area contributed by atoms with Gasteiger partial charge in [-0.3, -0.25) is 4.79 Å². The Morgan fingerprint density at radius 1 is 1.70 bits per heavy atom. The molecule has 1 amide bonds. The number of rotatable bonds is 3. The third kappa shape index (κ3) is 3.60. The molecule has 0 saturated carbocycles. The Morgan fingerprint density at radius 3 is 2.60 bits per heavy atom. The molecular formula is C7H10N2O. The Hall–Kier alpha value is -1.38. The number of hydrogen-bond donors (Lipinski definition) is 2. The second-order valence-corrected chi connectivity index (χ2v) is 1.68. The van der Waals surface area contributed by atoms with Crippen molar-refractivity contribution in [1.82, 2.24) is 5.32 Å². The Kier molecular flexibility index (Phi) is 3.87. The molecule has 0 aliphatic carbocycles. The minimum atomic E-state index is -0.184. The SMILES string of the molecule is C=C/C=C(\C=N)NC(C)=O. The normalized spacial score (nSPS) is 10.3. The zero-order valence-corrected chi connectivity index (χ0v) is 5.85. The van der Waals surface area contributed by atoms with Crippen LogP contribution in [0.1, 0.15) is 6.92 Å². The van der Waals surface area contributed by atoms with Gasteiger partial charge in [0, 0.05) is 13.1 Å². The minimum absolute atomic E-state index is 0.184. The molecule has 0 fully saturated rings. The summed E-state index contributed by atoms with van der Waals surface area (Å²) in [6, 6.07) is 0. The second-order valence-electron chi connectivity index (χ2n) is 1.68. The van der Waals surface area contributed by atoms with E-state index in [2.05, 4.69) is 11.9 Å². The molecule has 0 heterocycles. The highest BCUT2D eigenvalue weighted by Crippen LogP contribution is 1.83. The second kappa shape index (κ2) is 4.49. The van der Waals surface area contributed by atoms with Crippen LogP contribution >= 0.6 is 0 Å².